The number of rotatable bonds is 12. The Morgan fingerprint density at radius 3 is 2.41 bits per heavy atom. The number of hydrogen-bond donors (Lipinski definition) is 3. The van der Waals surface area contributed by atoms with E-state index >= 15 is 0 Å². The van der Waals surface area contributed by atoms with Crippen molar-refractivity contribution in [2.24, 2.45) is 4.99 Å². The topological polar surface area (TPSA) is 118 Å². The number of carbonyl (C=O) groups excluding carboxylic acids is 2. The highest BCUT2D eigenvalue weighted by Crippen LogP contribution is 2.34. The molecule has 1 aliphatic heterocycles. The van der Waals surface area contributed by atoms with Gasteiger partial charge in [0.1, 0.15) is 29.1 Å². The van der Waals surface area contributed by atoms with Crippen molar-refractivity contribution < 1.29 is 37.7 Å². The number of esters is 1. The monoisotopic (exact) mass is 547 g/mol. The first-order valence-electron chi connectivity index (χ1n) is 12.7. The lowest BCUT2D eigenvalue weighted by atomic mass is 9.88. The zero-order valence-corrected chi connectivity index (χ0v) is 22.6. The van der Waals surface area contributed by atoms with Crippen LogP contribution in [0.2, 0.25) is 0 Å². The van der Waals surface area contributed by atoms with E-state index in [0.717, 1.165) is 18.2 Å². The Labute approximate surface area is 226 Å². The van der Waals surface area contributed by atoms with Crippen LogP contribution in [0.1, 0.15) is 58.1 Å². The number of carbonyl (C=O) groups is 2. The maximum atomic E-state index is 13.5. The lowest BCUT2D eigenvalue weighted by Gasteiger charge is -2.28. The lowest BCUT2D eigenvalue weighted by molar-refractivity contribution is -0.155. The van der Waals surface area contributed by atoms with Gasteiger partial charge in [-0.25, -0.2) is 19.2 Å². The number of hydrogen-bond acceptors (Lipinski definition) is 8. The largest absolute Gasteiger partial charge is 0.494 e. The van der Waals surface area contributed by atoms with Crippen molar-refractivity contribution in [2.45, 2.75) is 70.7 Å². The average Bonchev–Trinajstić information content (AvgIpc) is 3.19. The smallest absolute Gasteiger partial charge is 0.306 e. The molecule has 0 saturated heterocycles. The van der Waals surface area contributed by atoms with Gasteiger partial charge in [0, 0.05) is 37.6 Å². The highest BCUT2D eigenvalue weighted by atomic mass is 19.1. The summed E-state index contributed by atoms with van der Waals surface area (Å²) in [4.78, 5) is 30.6. The van der Waals surface area contributed by atoms with Crippen LogP contribution in [0.3, 0.4) is 0 Å². The summed E-state index contributed by atoms with van der Waals surface area (Å²) < 4.78 is 44.0. The van der Waals surface area contributed by atoms with Crippen LogP contribution in [-0.4, -0.2) is 53.3 Å². The summed E-state index contributed by atoms with van der Waals surface area (Å²) in [5.41, 5.74) is 3.95. The molecule has 0 spiro atoms. The van der Waals surface area contributed by atoms with Crippen molar-refractivity contribution >= 4 is 17.8 Å². The Hall–Kier alpha value is -3.57. The molecule has 0 bridgehead atoms. The standard InChI is InChI=1S/C28H35F2N3O6/c1-18-28(11-10-24(35)39-27(2,3)4,26(36)33-31-17-19-14-21(29)16-22(30)15-19)32-25(38-18)20-6-8-23(9-7-20)37-13-5-12-34/h6-9,14-16,18,31,34H,5,10-13,17H2,1-4H3,(H,33,36)/t18-,28-/m0/s1. The Kier molecular flexibility index (Phi) is 9.98. The second-order valence-corrected chi connectivity index (χ2v) is 10.2. The van der Waals surface area contributed by atoms with Gasteiger partial charge in [-0.1, -0.05) is 0 Å². The summed E-state index contributed by atoms with van der Waals surface area (Å²) in [5, 5.41) is 8.91. The van der Waals surface area contributed by atoms with E-state index in [-0.39, 0.29) is 37.5 Å². The third-order valence-electron chi connectivity index (χ3n) is 5.87. The molecule has 2 atom stereocenters. The minimum atomic E-state index is -1.48. The van der Waals surface area contributed by atoms with E-state index in [1.807, 2.05) is 0 Å². The van der Waals surface area contributed by atoms with E-state index in [1.54, 1.807) is 52.0 Å². The molecule has 39 heavy (non-hydrogen) atoms. The predicted molar refractivity (Wildman–Crippen MR) is 140 cm³/mol. The van der Waals surface area contributed by atoms with Crippen LogP contribution >= 0.6 is 0 Å². The number of benzene rings is 2. The zero-order valence-electron chi connectivity index (χ0n) is 22.6. The van der Waals surface area contributed by atoms with E-state index in [9.17, 15) is 18.4 Å². The van der Waals surface area contributed by atoms with Crippen molar-refractivity contribution in [2.75, 3.05) is 13.2 Å². The Balaban J connectivity index is 1.79. The molecular weight excluding hydrogens is 512 g/mol. The number of aliphatic imine (C=N–C) groups is 1. The van der Waals surface area contributed by atoms with Gasteiger partial charge in [0.05, 0.1) is 6.61 Å². The van der Waals surface area contributed by atoms with E-state index in [4.69, 9.17) is 19.3 Å². The molecule has 0 fully saturated rings. The van der Waals surface area contributed by atoms with Gasteiger partial charge in [0.25, 0.3) is 5.91 Å². The fraction of sp³-hybridized carbons (Fsp3) is 0.464. The lowest BCUT2D eigenvalue weighted by Crippen LogP contribution is -2.54. The summed E-state index contributed by atoms with van der Waals surface area (Å²) in [5.74, 6) is -1.71. The van der Waals surface area contributed by atoms with Gasteiger partial charge in [-0.2, -0.15) is 0 Å². The number of aliphatic hydroxyl groups excluding tert-OH is 1. The van der Waals surface area contributed by atoms with Gasteiger partial charge < -0.3 is 19.3 Å². The molecule has 1 aliphatic rings. The van der Waals surface area contributed by atoms with Crippen molar-refractivity contribution in [1.29, 1.82) is 0 Å². The molecule has 0 aromatic heterocycles. The van der Waals surface area contributed by atoms with E-state index in [2.05, 4.69) is 15.8 Å². The number of halogens is 2. The number of nitrogens with zero attached hydrogens (tertiary/aromatic N) is 1. The Bertz CT molecular complexity index is 1160. The fourth-order valence-electron chi connectivity index (χ4n) is 3.99. The van der Waals surface area contributed by atoms with Gasteiger partial charge in [-0.3, -0.25) is 15.0 Å². The summed E-state index contributed by atoms with van der Waals surface area (Å²) in [6.07, 6.45) is -0.338. The third kappa shape index (κ3) is 8.46. The predicted octanol–water partition coefficient (Wildman–Crippen LogP) is 3.57. The number of hydrazine groups is 1. The first-order chi connectivity index (χ1) is 18.4. The van der Waals surface area contributed by atoms with Crippen LogP contribution in [-0.2, 0) is 25.6 Å². The quantitative estimate of drug-likeness (QED) is 0.211. The van der Waals surface area contributed by atoms with Crippen LogP contribution in [0, 0.1) is 11.6 Å². The molecule has 9 nitrogen and oxygen atoms in total. The fourth-order valence-corrected chi connectivity index (χ4v) is 3.99. The number of aliphatic hydroxyl groups is 1. The van der Waals surface area contributed by atoms with Gasteiger partial charge in [0.2, 0.25) is 5.90 Å². The van der Waals surface area contributed by atoms with Crippen molar-refractivity contribution in [1.82, 2.24) is 10.9 Å². The molecule has 0 saturated carbocycles. The van der Waals surface area contributed by atoms with E-state index < -0.39 is 40.8 Å². The molecule has 0 radical (unpaired) electrons. The van der Waals surface area contributed by atoms with E-state index in [0.29, 0.717) is 24.3 Å². The zero-order chi connectivity index (χ0) is 28.6. The van der Waals surface area contributed by atoms with Crippen molar-refractivity contribution in [3.05, 3.63) is 65.2 Å². The number of nitrogens with one attached hydrogen (secondary N) is 2. The van der Waals surface area contributed by atoms with Crippen molar-refractivity contribution in [3.63, 3.8) is 0 Å². The average molecular weight is 548 g/mol. The van der Waals surface area contributed by atoms with Crippen LogP contribution in [0.25, 0.3) is 0 Å². The van der Waals surface area contributed by atoms with Crippen LogP contribution in [0.4, 0.5) is 8.78 Å². The minimum absolute atomic E-state index is 0.00294. The molecule has 0 aliphatic carbocycles. The highest BCUT2D eigenvalue weighted by Gasteiger charge is 2.50. The summed E-state index contributed by atoms with van der Waals surface area (Å²) in [6, 6.07) is 9.98. The van der Waals surface area contributed by atoms with Crippen LogP contribution in [0.5, 0.6) is 5.75 Å². The molecule has 212 valence electrons. The molecule has 2 aromatic rings. The van der Waals surface area contributed by atoms with Gasteiger partial charge in [-0.05, 0) is 76.1 Å². The first kappa shape index (κ1) is 30.0. The van der Waals surface area contributed by atoms with Gasteiger partial charge >= 0.3 is 5.97 Å². The van der Waals surface area contributed by atoms with Crippen LogP contribution in [0.15, 0.2) is 47.5 Å². The Morgan fingerprint density at radius 1 is 1.13 bits per heavy atom. The maximum absolute atomic E-state index is 13.5. The SMILES string of the molecule is C[C@@H]1OC(c2ccc(OCCCO)cc2)=N[C@]1(CCC(=O)OC(C)(C)C)C(=O)NNCc1cc(F)cc(F)c1. The van der Waals surface area contributed by atoms with Crippen LogP contribution < -0.4 is 15.6 Å². The van der Waals surface area contributed by atoms with Gasteiger partial charge in [-0.15, -0.1) is 0 Å². The number of amides is 1. The summed E-state index contributed by atoms with van der Waals surface area (Å²) in [6.45, 7) is 7.28. The molecule has 1 heterocycles. The summed E-state index contributed by atoms with van der Waals surface area (Å²) in [7, 11) is 0. The molecule has 0 unspecified atom stereocenters. The normalized spacial score (nSPS) is 18.7. The second kappa shape index (κ2) is 13.0. The molecule has 1 amide bonds. The van der Waals surface area contributed by atoms with Gasteiger partial charge in [0.15, 0.2) is 5.54 Å². The third-order valence-corrected chi connectivity index (χ3v) is 5.87. The molecular formula is C28H35F2N3O6. The highest BCUT2D eigenvalue weighted by molar-refractivity contribution is 6.00. The van der Waals surface area contributed by atoms with E-state index in [1.165, 1.54) is 0 Å². The Morgan fingerprint density at radius 2 is 1.79 bits per heavy atom. The molecule has 11 heteroatoms. The minimum Gasteiger partial charge on any atom is -0.494 e. The maximum Gasteiger partial charge on any atom is 0.306 e. The number of ether oxygens (including phenoxy) is 3. The summed E-state index contributed by atoms with van der Waals surface area (Å²) >= 11 is 0. The molecule has 2 aromatic carbocycles. The molecule has 3 rings (SSSR count). The van der Waals surface area contributed by atoms with Crippen molar-refractivity contribution in [3.8, 4) is 5.75 Å². The first-order valence-corrected chi connectivity index (χ1v) is 12.7. The second-order valence-electron chi connectivity index (χ2n) is 10.2. The molecule has 3 N–H and O–H groups in total.